The second-order valence-corrected chi connectivity index (χ2v) is 6.48. The van der Waals surface area contributed by atoms with Crippen LogP contribution in [0.3, 0.4) is 0 Å². The molecule has 5 heteroatoms. The summed E-state index contributed by atoms with van der Waals surface area (Å²) in [4.78, 5) is 9.11. The van der Waals surface area contributed by atoms with Gasteiger partial charge in [-0.2, -0.15) is 0 Å². The van der Waals surface area contributed by atoms with Crippen molar-refractivity contribution in [3.8, 4) is 5.69 Å². The quantitative estimate of drug-likeness (QED) is 0.632. The van der Waals surface area contributed by atoms with Crippen LogP contribution in [-0.2, 0) is 18.7 Å². The molecule has 4 rings (SSSR count). The molecule has 0 aliphatic heterocycles. The Morgan fingerprint density at radius 1 is 1.19 bits per heavy atom. The van der Waals surface area contributed by atoms with E-state index < -0.39 is 0 Å². The number of benzene rings is 1. The number of aromatic nitrogens is 3. The summed E-state index contributed by atoms with van der Waals surface area (Å²) in [7, 11) is 0. The normalized spacial score (nSPS) is 13.8. The van der Waals surface area contributed by atoms with Crippen molar-refractivity contribution in [1.29, 1.82) is 0 Å². The van der Waals surface area contributed by atoms with Crippen molar-refractivity contribution in [3.05, 3.63) is 51.9 Å². The molecule has 0 saturated carbocycles. The lowest BCUT2D eigenvalue weighted by atomic mass is 10.1. The largest absolute Gasteiger partial charge is 0.280 e. The molecule has 21 heavy (non-hydrogen) atoms. The van der Waals surface area contributed by atoms with Gasteiger partial charge in [-0.15, -0.1) is 11.6 Å². The number of rotatable bonds is 2. The highest BCUT2D eigenvalue weighted by molar-refractivity contribution is 9.10. The van der Waals surface area contributed by atoms with Crippen LogP contribution >= 0.6 is 27.5 Å². The molecular formula is C16H13BrClN3. The smallest absolute Gasteiger partial charge is 0.164 e. The number of hydrogen-bond donors (Lipinski definition) is 0. The summed E-state index contributed by atoms with van der Waals surface area (Å²) < 4.78 is 2.99. The Hall–Kier alpha value is -1.39. The van der Waals surface area contributed by atoms with Crippen molar-refractivity contribution >= 4 is 38.7 Å². The Balaban J connectivity index is 1.96. The number of halogens is 2. The highest BCUT2D eigenvalue weighted by Gasteiger charge is 2.16. The van der Waals surface area contributed by atoms with Crippen LogP contribution in [0.1, 0.15) is 23.4 Å². The van der Waals surface area contributed by atoms with Gasteiger partial charge in [-0.3, -0.25) is 4.57 Å². The van der Waals surface area contributed by atoms with Gasteiger partial charge in [-0.05, 0) is 64.5 Å². The summed E-state index contributed by atoms with van der Waals surface area (Å²) in [6, 6.07) is 8.59. The highest BCUT2D eigenvalue weighted by atomic mass is 79.9. The number of alkyl halides is 1. The van der Waals surface area contributed by atoms with E-state index in [-0.39, 0.29) is 0 Å². The zero-order chi connectivity index (χ0) is 14.4. The lowest BCUT2D eigenvalue weighted by molar-refractivity contribution is 0.911. The Labute approximate surface area is 136 Å². The van der Waals surface area contributed by atoms with E-state index in [9.17, 15) is 0 Å². The molecule has 0 spiro atoms. The van der Waals surface area contributed by atoms with E-state index in [0.717, 1.165) is 33.6 Å². The van der Waals surface area contributed by atoms with E-state index in [1.165, 1.54) is 24.0 Å². The average Bonchev–Trinajstić information content (AvgIpc) is 3.09. The Bertz CT molecular complexity index is 841. The predicted octanol–water partition coefficient (Wildman–Crippen LogP) is 4.41. The Morgan fingerprint density at radius 2 is 2.05 bits per heavy atom. The second-order valence-electron chi connectivity index (χ2n) is 5.30. The summed E-state index contributed by atoms with van der Waals surface area (Å²) in [6.07, 6.45) is 5.39. The lowest BCUT2D eigenvalue weighted by Gasteiger charge is -2.09. The minimum Gasteiger partial charge on any atom is -0.280 e. The lowest BCUT2D eigenvalue weighted by Crippen LogP contribution is -2.01. The van der Waals surface area contributed by atoms with Crippen LogP contribution in [0, 0.1) is 0 Å². The van der Waals surface area contributed by atoms with Gasteiger partial charge in [-0.25, -0.2) is 9.97 Å². The standard InChI is InChI=1S/C16H13BrClN3/c17-12-7-14-16(19-9-12)21(15(8-18)20-14)13-5-4-10-2-1-3-11(10)6-13/h4-7,9H,1-3,8H2. The maximum atomic E-state index is 6.09. The maximum Gasteiger partial charge on any atom is 0.164 e. The minimum atomic E-state index is 0.366. The van der Waals surface area contributed by atoms with Gasteiger partial charge in [0.25, 0.3) is 0 Å². The summed E-state index contributed by atoms with van der Waals surface area (Å²) in [5.41, 5.74) is 5.72. The molecule has 1 aliphatic rings. The van der Waals surface area contributed by atoms with Crippen molar-refractivity contribution in [2.45, 2.75) is 25.1 Å². The zero-order valence-electron chi connectivity index (χ0n) is 11.3. The van der Waals surface area contributed by atoms with E-state index in [1.807, 2.05) is 6.07 Å². The van der Waals surface area contributed by atoms with Crippen molar-refractivity contribution in [2.75, 3.05) is 0 Å². The topological polar surface area (TPSA) is 30.7 Å². The van der Waals surface area contributed by atoms with Gasteiger partial charge in [0.1, 0.15) is 11.3 Å². The third kappa shape index (κ3) is 2.17. The summed E-state index contributed by atoms with van der Waals surface area (Å²) in [6.45, 7) is 0. The fraction of sp³-hybridized carbons (Fsp3) is 0.250. The molecule has 0 N–H and O–H groups in total. The first kappa shape index (κ1) is 13.3. The maximum absolute atomic E-state index is 6.09. The van der Waals surface area contributed by atoms with Gasteiger partial charge in [0.15, 0.2) is 5.65 Å². The fourth-order valence-electron chi connectivity index (χ4n) is 3.05. The molecule has 1 aliphatic carbocycles. The molecule has 0 saturated heterocycles. The zero-order valence-corrected chi connectivity index (χ0v) is 13.7. The summed E-state index contributed by atoms with van der Waals surface area (Å²) in [5, 5.41) is 0. The van der Waals surface area contributed by atoms with Crippen LogP contribution in [0.2, 0.25) is 0 Å². The van der Waals surface area contributed by atoms with E-state index in [2.05, 4.69) is 48.7 Å². The van der Waals surface area contributed by atoms with Crippen LogP contribution in [0.4, 0.5) is 0 Å². The summed E-state index contributed by atoms with van der Waals surface area (Å²) >= 11 is 9.53. The van der Waals surface area contributed by atoms with Gasteiger partial charge >= 0.3 is 0 Å². The van der Waals surface area contributed by atoms with Gasteiger partial charge in [0.2, 0.25) is 0 Å². The number of hydrogen-bond acceptors (Lipinski definition) is 2. The van der Waals surface area contributed by atoms with E-state index in [1.54, 1.807) is 6.20 Å². The molecule has 0 bridgehead atoms. The minimum absolute atomic E-state index is 0.366. The fourth-order valence-corrected chi connectivity index (χ4v) is 3.54. The van der Waals surface area contributed by atoms with Crippen LogP contribution in [0.15, 0.2) is 34.9 Å². The number of imidazole rings is 1. The monoisotopic (exact) mass is 361 g/mol. The average molecular weight is 363 g/mol. The van der Waals surface area contributed by atoms with Crippen molar-refractivity contribution in [1.82, 2.24) is 14.5 Å². The third-order valence-corrected chi connectivity index (χ3v) is 4.67. The first-order valence-electron chi connectivity index (χ1n) is 6.97. The molecule has 0 radical (unpaired) electrons. The molecule has 0 amide bonds. The van der Waals surface area contributed by atoms with Crippen LogP contribution < -0.4 is 0 Å². The van der Waals surface area contributed by atoms with Crippen LogP contribution in [0.5, 0.6) is 0 Å². The molecule has 0 atom stereocenters. The number of nitrogens with zero attached hydrogens (tertiary/aromatic N) is 3. The van der Waals surface area contributed by atoms with Crippen molar-refractivity contribution in [3.63, 3.8) is 0 Å². The van der Waals surface area contributed by atoms with Crippen LogP contribution in [0.25, 0.3) is 16.9 Å². The molecule has 0 unspecified atom stereocenters. The van der Waals surface area contributed by atoms with Gasteiger partial charge in [0.05, 0.1) is 5.88 Å². The van der Waals surface area contributed by atoms with Crippen molar-refractivity contribution < 1.29 is 0 Å². The first-order valence-corrected chi connectivity index (χ1v) is 8.30. The molecule has 106 valence electrons. The highest BCUT2D eigenvalue weighted by Crippen LogP contribution is 2.28. The molecule has 1 aromatic carbocycles. The second kappa shape index (κ2) is 5.11. The molecule has 2 aromatic heterocycles. The number of aryl methyl sites for hydroxylation is 2. The number of fused-ring (bicyclic) bond motifs is 2. The molecule has 2 heterocycles. The SMILES string of the molecule is ClCc1nc2cc(Br)cnc2n1-c1ccc2c(c1)CCC2. The first-order chi connectivity index (χ1) is 10.3. The molecule has 0 fully saturated rings. The Morgan fingerprint density at radius 3 is 2.90 bits per heavy atom. The number of pyridine rings is 1. The predicted molar refractivity (Wildman–Crippen MR) is 88.1 cm³/mol. The van der Waals surface area contributed by atoms with Crippen LogP contribution in [-0.4, -0.2) is 14.5 Å². The van der Waals surface area contributed by atoms with E-state index >= 15 is 0 Å². The van der Waals surface area contributed by atoms with E-state index in [0.29, 0.717) is 5.88 Å². The van der Waals surface area contributed by atoms with Gasteiger partial charge in [0, 0.05) is 16.4 Å². The van der Waals surface area contributed by atoms with Gasteiger partial charge < -0.3 is 0 Å². The molecule has 3 nitrogen and oxygen atoms in total. The van der Waals surface area contributed by atoms with E-state index in [4.69, 9.17) is 11.6 Å². The molecule has 3 aromatic rings. The summed E-state index contributed by atoms with van der Waals surface area (Å²) in [5.74, 6) is 1.20. The molecular weight excluding hydrogens is 350 g/mol. The Kier molecular flexibility index (Phi) is 3.23. The van der Waals surface area contributed by atoms with Crippen molar-refractivity contribution in [2.24, 2.45) is 0 Å². The van der Waals surface area contributed by atoms with Gasteiger partial charge in [-0.1, -0.05) is 6.07 Å². The third-order valence-electron chi connectivity index (χ3n) is 3.99.